The monoisotopic (exact) mass is 304 g/mol. The zero-order valence-corrected chi connectivity index (χ0v) is 12.8. The summed E-state index contributed by atoms with van der Waals surface area (Å²) in [6.07, 6.45) is 0.358. The summed E-state index contributed by atoms with van der Waals surface area (Å²) in [5, 5.41) is 2.52. The summed E-state index contributed by atoms with van der Waals surface area (Å²) < 4.78 is 4.61. The third kappa shape index (κ3) is 3.84. The zero-order valence-electron chi connectivity index (χ0n) is 12.8. The average molecular weight is 304 g/mol. The lowest BCUT2D eigenvalue weighted by Crippen LogP contribution is -2.36. The lowest BCUT2D eigenvalue weighted by molar-refractivity contribution is -0.154. The minimum absolute atomic E-state index is 0.00724. The molecule has 1 saturated heterocycles. The van der Waals surface area contributed by atoms with E-state index in [1.165, 1.54) is 0 Å². The lowest BCUT2D eigenvalue weighted by atomic mass is 10.1. The van der Waals surface area contributed by atoms with Crippen molar-refractivity contribution in [2.45, 2.75) is 20.3 Å². The number of carbonyl (C=O) groups is 3. The molecular formula is C16H20N2O4. The first-order chi connectivity index (χ1) is 10.5. The Bertz CT molecular complexity index is 568. The fraction of sp³-hybridized carbons (Fsp3) is 0.438. The molecule has 2 amide bonds. The number of anilines is 1. The normalized spacial score (nSPS) is 17.5. The van der Waals surface area contributed by atoms with Crippen molar-refractivity contribution >= 4 is 23.5 Å². The Morgan fingerprint density at radius 2 is 2.00 bits per heavy atom. The molecule has 0 bridgehead atoms. The standard InChI is InChI=1S/C16H20N2O4/c1-3-22-16(21)15(20)17-9-12-8-14(19)18(10-12)13-6-4-11(2)5-7-13/h4-7,12H,3,8-10H2,1-2H3,(H,17,20). The zero-order chi connectivity index (χ0) is 16.1. The van der Waals surface area contributed by atoms with Gasteiger partial charge in [-0.3, -0.25) is 9.59 Å². The van der Waals surface area contributed by atoms with Crippen LogP contribution >= 0.6 is 0 Å². The summed E-state index contributed by atoms with van der Waals surface area (Å²) in [4.78, 5) is 36.5. The molecule has 0 spiro atoms. The number of hydrogen-bond acceptors (Lipinski definition) is 4. The topological polar surface area (TPSA) is 75.7 Å². The summed E-state index contributed by atoms with van der Waals surface area (Å²) in [5.41, 5.74) is 1.99. The predicted octanol–water partition coefficient (Wildman–Crippen LogP) is 1.03. The Labute approximate surface area is 129 Å². The molecule has 1 unspecified atom stereocenters. The maximum Gasteiger partial charge on any atom is 0.396 e. The highest BCUT2D eigenvalue weighted by Crippen LogP contribution is 2.24. The van der Waals surface area contributed by atoms with E-state index in [0.29, 0.717) is 13.0 Å². The highest BCUT2D eigenvalue weighted by atomic mass is 16.5. The fourth-order valence-electron chi connectivity index (χ4n) is 2.40. The summed E-state index contributed by atoms with van der Waals surface area (Å²) in [7, 11) is 0. The summed E-state index contributed by atoms with van der Waals surface area (Å²) in [6.45, 7) is 4.61. The van der Waals surface area contributed by atoms with Crippen molar-refractivity contribution in [3.05, 3.63) is 29.8 Å². The molecule has 0 aromatic heterocycles. The molecule has 22 heavy (non-hydrogen) atoms. The molecule has 0 radical (unpaired) electrons. The van der Waals surface area contributed by atoms with Gasteiger partial charge in [0.15, 0.2) is 0 Å². The summed E-state index contributed by atoms with van der Waals surface area (Å²) in [6, 6.07) is 7.73. The van der Waals surface area contributed by atoms with E-state index in [0.717, 1.165) is 11.3 Å². The molecule has 1 N–H and O–H groups in total. The van der Waals surface area contributed by atoms with Crippen molar-refractivity contribution in [1.82, 2.24) is 5.32 Å². The Morgan fingerprint density at radius 3 is 2.64 bits per heavy atom. The maximum absolute atomic E-state index is 12.1. The van der Waals surface area contributed by atoms with E-state index in [9.17, 15) is 14.4 Å². The Balaban J connectivity index is 1.88. The molecular weight excluding hydrogens is 284 g/mol. The van der Waals surface area contributed by atoms with Crippen molar-refractivity contribution in [1.29, 1.82) is 0 Å². The third-order valence-electron chi connectivity index (χ3n) is 3.56. The van der Waals surface area contributed by atoms with Crippen LogP contribution in [0.4, 0.5) is 5.69 Å². The number of benzene rings is 1. The number of carbonyl (C=O) groups excluding carboxylic acids is 3. The van der Waals surface area contributed by atoms with Gasteiger partial charge in [0.2, 0.25) is 5.91 Å². The van der Waals surface area contributed by atoms with Crippen LogP contribution in [-0.4, -0.2) is 37.5 Å². The van der Waals surface area contributed by atoms with Gasteiger partial charge in [0.1, 0.15) is 0 Å². The highest BCUT2D eigenvalue weighted by molar-refractivity contribution is 6.32. The minimum Gasteiger partial charge on any atom is -0.459 e. The first kappa shape index (κ1) is 16.0. The van der Waals surface area contributed by atoms with E-state index >= 15 is 0 Å². The van der Waals surface area contributed by atoms with Gasteiger partial charge in [0.25, 0.3) is 0 Å². The lowest BCUT2D eigenvalue weighted by Gasteiger charge is -2.17. The number of nitrogens with zero attached hydrogens (tertiary/aromatic N) is 1. The van der Waals surface area contributed by atoms with Crippen LogP contribution in [0, 0.1) is 12.8 Å². The maximum atomic E-state index is 12.1. The number of nitrogens with one attached hydrogen (secondary N) is 1. The van der Waals surface area contributed by atoms with Gasteiger partial charge in [-0.15, -0.1) is 0 Å². The molecule has 1 aromatic carbocycles. The Kier molecular flexibility index (Phi) is 5.14. The van der Waals surface area contributed by atoms with Crippen molar-refractivity contribution in [2.24, 2.45) is 5.92 Å². The van der Waals surface area contributed by atoms with Crippen LogP contribution < -0.4 is 10.2 Å². The number of amides is 2. The van der Waals surface area contributed by atoms with E-state index in [2.05, 4.69) is 10.1 Å². The summed E-state index contributed by atoms with van der Waals surface area (Å²) >= 11 is 0. The molecule has 0 aliphatic carbocycles. The van der Waals surface area contributed by atoms with Crippen molar-refractivity contribution in [3.63, 3.8) is 0 Å². The molecule has 1 aromatic rings. The largest absolute Gasteiger partial charge is 0.459 e. The molecule has 2 rings (SSSR count). The second-order valence-electron chi connectivity index (χ2n) is 5.34. The van der Waals surface area contributed by atoms with Crippen LogP contribution in [-0.2, 0) is 19.1 Å². The number of esters is 1. The van der Waals surface area contributed by atoms with E-state index < -0.39 is 11.9 Å². The molecule has 6 heteroatoms. The van der Waals surface area contributed by atoms with Crippen molar-refractivity contribution < 1.29 is 19.1 Å². The van der Waals surface area contributed by atoms with Crippen LogP contribution in [0.15, 0.2) is 24.3 Å². The van der Waals surface area contributed by atoms with E-state index in [4.69, 9.17) is 0 Å². The van der Waals surface area contributed by atoms with Crippen LogP contribution in [0.2, 0.25) is 0 Å². The Hall–Kier alpha value is -2.37. The SMILES string of the molecule is CCOC(=O)C(=O)NCC1CC(=O)N(c2ccc(C)cc2)C1. The van der Waals surface area contributed by atoms with Crippen LogP contribution in [0.1, 0.15) is 18.9 Å². The second-order valence-corrected chi connectivity index (χ2v) is 5.34. The number of aryl methyl sites for hydroxylation is 1. The number of ether oxygens (including phenoxy) is 1. The minimum atomic E-state index is -0.887. The van der Waals surface area contributed by atoms with E-state index in [1.807, 2.05) is 31.2 Å². The van der Waals surface area contributed by atoms with Gasteiger partial charge in [-0.1, -0.05) is 17.7 Å². The third-order valence-corrected chi connectivity index (χ3v) is 3.56. The van der Waals surface area contributed by atoms with Crippen LogP contribution in [0.3, 0.4) is 0 Å². The molecule has 1 aliphatic rings. The smallest absolute Gasteiger partial charge is 0.396 e. The molecule has 0 saturated carbocycles. The Morgan fingerprint density at radius 1 is 1.32 bits per heavy atom. The molecule has 1 fully saturated rings. The number of hydrogen-bond donors (Lipinski definition) is 1. The van der Waals surface area contributed by atoms with Crippen molar-refractivity contribution in [2.75, 3.05) is 24.6 Å². The molecule has 118 valence electrons. The summed E-state index contributed by atoms with van der Waals surface area (Å²) in [5.74, 6) is -1.63. The van der Waals surface area contributed by atoms with Crippen molar-refractivity contribution in [3.8, 4) is 0 Å². The van der Waals surface area contributed by atoms with Gasteiger partial charge in [-0.05, 0) is 26.0 Å². The second kappa shape index (κ2) is 7.06. The average Bonchev–Trinajstić information content (AvgIpc) is 2.87. The van der Waals surface area contributed by atoms with Gasteiger partial charge >= 0.3 is 11.9 Å². The van der Waals surface area contributed by atoms with Gasteiger partial charge in [-0.2, -0.15) is 0 Å². The number of rotatable bonds is 4. The molecule has 1 heterocycles. The van der Waals surface area contributed by atoms with Gasteiger partial charge in [-0.25, -0.2) is 4.79 Å². The molecule has 1 aliphatic heterocycles. The first-order valence-corrected chi connectivity index (χ1v) is 7.33. The van der Waals surface area contributed by atoms with Crippen LogP contribution in [0.25, 0.3) is 0 Å². The van der Waals surface area contributed by atoms with Gasteiger partial charge in [0.05, 0.1) is 6.61 Å². The van der Waals surface area contributed by atoms with Gasteiger partial charge in [0, 0.05) is 31.1 Å². The van der Waals surface area contributed by atoms with Gasteiger partial charge < -0.3 is 15.0 Å². The fourth-order valence-corrected chi connectivity index (χ4v) is 2.40. The molecule has 6 nitrogen and oxygen atoms in total. The quantitative estimate of drug-likeness (QED) is 0.666. The van der Waals surface area contributed by atoms with E-state index in [1.54, 1.807) is 11.8 Å². The molecule has 1 atom stereocenters. The first-order valence-electron chi connectivity index (χ1n) is 7.33. The van der Waals surface area contributed by atoms with Crippen LogP contribution in [0.5, 0.6) is 0 Å². The predicted molar refractivity (Wildman–Crippen MR) is 81.3 cm³/mol. The van der Waals surface area contributed by atoms with E-state index in [-0.39, 0.29) is 25.0 Å². The highest BCUT2D eigenvalue weighted by Gasteiger charge is 2.31.